The van der Waals surface area contributed by atoms with Crippen LogP contribution in [0.4, 0.5) is 32.3 Å². The number of nitrogens with zero attached hydrogens (tertiary/aromatic N) is 3. The molecule has 0 amide bonds. The van der Waals surface area contributed by atoms with Gasteiger partial charge in [-0.1, -0.05) is 6.07 Å². The van der Waals surface area contributed by atoms with Gasteiger partial charge in [-0.2, -0.15) is 26.3 Å². The van der Waals surface area contributed by atoms with Crippen molar-refractivity contribution in [3.8, 4) is 0 Å². The molecule has 160 valence electrons. The first-order chi connectivity index (χ1) is 13.0. The molecule has 3 rings (SSSR count). The van der Waals surface area contributed by atoms with Crippen molar-refractivity contribution in [2.75, 3.05) is 18.0 Å². The van der Waals surface area contributed by atoms with Crippen LogP contribution in [0.2, 0.25) is 0 Å². The van der Waals surface area contributed by atoms with Crippen LogP contribution in [0, 0.1) is 0 Å². The van der Waals surface area contributed by atoms with Gasteiger partial charge >= 0.3 is 12.4 Å². The Morgan fingerprint density at radius 3 is 2.31 bits per heavy atom. The van der Waals surface area contributed by atoms with Crippen LogP contribution in [-0.4, -0.2) is 29.1 Å². The Labute approximate surface area is 177 Å². The minimum atomic E-state index is -4.87. The van der Waals surface area contributed by atoms with Gasteiger partial charge < -0.3 is 10.2 Å². The maximum absolute atomic E-state index is 13.2. The van der Waals surface area contributed by atoms with Crippen molar-refractivity contribution >= 4 is 34.3 Å². The second kappa shape index (κ2) is 9.05. The minimum Gasteiger partial charge on any atom is -0.339 e. The Morgan fingerprint density at radius 1 is 1.07 bits per heavy atom. The summed E-state index contributed by atoms with van der Waals surface area (Å²) in [6, 6.07) is 1.58. The average Bonchev–Trinajstić information content (AvgIpc) is 3.08. The molecule has 2 heterocycles. The summed E-state index contributed by atoms with van der Waals surface area (Å²) in [5.41, 5.74) is -2.82. The number of hydrogen-bond donors (Lipinski definition) is 1. The number of benzene rings is 1. The first-order valence-corrected chi connectivity index (χ1v) is 9.06. The van der Waals surface area contributed by atoms with E-state index < -0.39 is 23.5 Å². The topological polar surface area (TPSA) is 41.0 Å². The minimum absolute atomic E-state index is 0. The van der Waals surface area contributed by atoms with Gasteiger partial charge in [-0.3, -0.25) is 0 Å². The molecule has 1 aromatic carbocycles. The molecule has 1 N–H and O–H groups in total. The quantitative estimate of drug-likeness (QED) is 0.590. The summed E-state index contributed by atoms with van der Waals surface area (Å²) in [6.45, 7) is 0.925. The monoisotopic (exact) mass is 504 g/mol. The predicted molar refractivity (Wildman–Crippen MR) is 101 cm³/mol. The van der Waals surface area contributed by atoms with E-state index in [9.17, 15) is 26.3 Å². The number of alkyl halides is 6. The van der Waals surface area contributed by atoms with Gasteiger partial charge in [0.2, 0.25) is 5.95 Å². The highest BCUT2D eigenvalue weighted by Crippen LogP contribution is 2.37. The average molecular weight is 506 g/mol. The van der Waals surface area contributed by atoms with E-state index in [4.69, 9.17) is 0 Å². The molecule has 1 aromatic heterocycles. The van der Waals surface area contributed by atoms with Crippen molar-refractivity contribution in [2.45, 2.75) is 31.4 Å². The van der Waals surface area contributed by atoms with Crippen LogP contribution in [0.5, 0.6) is 0 Å². The molecular formula is C17H16BrClF6N4. The summed E-state index contributed by atoms with van der Waals surface area (Å²) in [4.78, 5) is 10.2. The van der Waals surface area contributed by atoms with Gasteiger partial charge in [0.05, 0.1) is 15.6 Å². The van der Waals surface area contributed by atoms with Gasteiger partial charge in [-0.15, -0.1) is 12.4 Å². The Balaban J connectivity index is 0.00000300. The van der Waals surface area contributed by atoms with Gasteiger partial charge in [0.25, 0.3) is 0 Å². The van der Waals surface area contributed by atoms with Crippen LogP contribution in [0.1, 0.15) is 23.1 Å². The van der Waals surface area contributed by atoms with E-state index in [1.807, 2.05) is 4.90 Å². The Morgan fingerprint density at radius 2 is 1.72 bits per heavy atom. The highest BCUT2D eigenvalue weighted by Gasteiger charge is 2.38. The zero-order valence-electron chi connectivity index (χ0n) is 14.7. The first-order valence-electron chi connectivity index (χ1n) is 8.27. The molecule has 0 radical (unpaired) electrons. The summed E-state index contributed by atoms with van der Waals surface area (Å²) in [6.07, 6.45) is -5.85. The number of halogens is 8. The van der Waals surface area contributed by atoms with Crippen LogP contribution in [-0.2, 0) is 18.9 Å². The molecular weight excluding hydrogens is 490 g/mol. The van der Waals surface area contributed by atoms with E-state index in [2.05, 4.69) is 31.2 Å². The van der Waals surface area contributed by atoms with Gasteiger partial charge in [0.15, 0.2) is 0 Å². The molecule has 12 heteroatoms. The summed E-state index contributed by atoms with van der Waals surface area (Å²) >= 11 is 3.24. The fourth-order valence-corrected chi connectivity index (χ4v) is 3.21. The van der Waals surface area contributed by atoms with E-state index in [0.29, 0.717) is 31.5 Å². The number of aromatic nitrogens is 2. The molecule has 1 aliphatic rings. The van der Waals surface area contributed by atoms with Gasteiger partial charge in [0.1, 0.15) is 0 Å². The summed E-state index contributed by atoms with van der Waals surface area (Å²) in [5.74, 6) is 0.512. The van der Waals surface area contributed by atoms with Crippen LogP contribution in [0.15, 0.2) is 35.1 Å². The van der Waals surface area contributed by atoms with Crippen molar-refractivity contribution in [2.24, 2.45) is 0 Å². The lowest BCUT2D eigenvalue weighted by atomic mass is 10.0. The number of anilines is 1. The zero-order valence-corrected chi connectivity index (χ0v) is 17.1. The van der Waals surface area contributed by atoms with Crippen molar-refractivity contribution < 1.29 is 26.3 Å². The fourth-order valence-electron chi connectivity index (χ4n) is 3.00. The SMILES string of the molecule is Cl.FC(F)(F)c1ccc(CN[C@H]2CCN(c3ncc(Br)cn3)C2)c(C(F)(F)F)c1. The second-order valence-electron chi connectivity index (χ2n) is 6.38. The maximum atomic E-state index is 13.2. The Kier molecular flexibility index (Phi) is 7.39. The lowest BCUT2D eigenvalue weighted by Crippen LogP contribution is -2.33. The lowest BCUT2D eigenvalue weighted by Gasteiger charge is -2.19. The van der Waals surface area contributed by atoms with Crippen LogP contribution < -0.4 is 10.2 Å². The number of nitrogens with one attached hydrogen (secondary N) is 1. The van der Waals surface area contributed by atoms with E-state index in [-0.39, 0.29) is 36.6 Å². The van der Waals surface area contributed by atoms with Gasteiger partial charge in [-0.25, -0.2) is 9.97 Å². The highest BCUT2D eigenvalue weighted by atomic mass is 79.9. The van der Waals surface area contributed by atoms with E-state index >= 15 is 0 Å². The largest absolute Gasteiger partial charge is 0.416 e. The normalized spacial score (nSPS) is 17.3. The lowest BCUT2D eigenvalue weighted by molar-refractivity contribution is -0.143. The molecule has 2 aromatic rings. The summed E-state index contributed by atoms with van der Waals surface area (Å²) < 4.78 is 78.6. The Hall–Kier alpha value is -1.59. The fraction of sp³-hybridized carbons (Fsp3) is 0.412. The smallest absolute Gasteiger partial charge is 0.339 e. The van der Waals surface area contributed by atoms with E-state index in [1.54, 1.807) is 12.4 Å². The van der Waals surface area contributed by atoms with Gasteiger partial charge in [-0.05, 0) is 40.0 Å². The summed E-state index contributed by atoms with van der Waals surface area (Å²) in [5, 5.41) is 2.99. The highest BCUT2D eigenvalue weighted by molar-refractivity contribution is 9.10. The van der Waals surface area contributed by atoms with Crippen molar-refractivity contribution in [3.63, 3.8) is 0 Å². The van der Waals surface area contributed by atoms with E-state index in [0.717, 1.165) is 10.5 Å². The Bertz CT molecular complexity index is 828. The van der Waals surface area contributed by atoms with Crippen molar-refractivity contribution in [1.82, 2.24) is 15.3 Å². The first kappa shape index (κ1) is 23.7. The predicted octanol–water partition coefficient (Wildman–Crippen LogP) is 5.07. The summed E-state index contributed by atoms with van der Waals surface area (Å²) in [7, 11) is 0. The third-order valence-corrected chi connectivity index (χ3v) is 4.81. The molecule has 1 saturated heterocycles. The van der Waals surface area contributed by atoms with Crippen molar-refractivity contribution in [3.05, 3.63) is 51.8 Å². The second-order valence-corrected chi connectivity index (χ2v) is 7.30. The van der Waals surface area contributed by atoms with Crippen LogP contribution in [0.25, 0.3) is 0 Å². The molecule has 1 fully saturated rings. The van der Waals surface area contributed by atoms with Crippen LogP contribution >= 0.6 is 28.3 Å². The standard InChI is InChI=1S/C17H15BrF6N4.ClH/c18-12-7-26-15(27-8-12)28-4-3-13(9-28)25-6-10-1-2-11(16(19,20)21)5-14(10)17(22,23)24;/h1-2,5,7-8,13,25H,3-4,6,9H2;1H/t13-;/m0./s1. The third-order valence-electron chi connectivity index (χ3n) is 4.40. The molecule has 0 spiro atoms. The third kappa shape index (κ3) is 5.95. The molecule has 0 unspecified atom stereocenters. The maximum Gasteiger partial charge on any atom is 0.416 e. The zero-order chi connectivity index (χ0) is 20.5. The molecule has 29 heavy (non-hydrogen) atoms. The molecule has 1 atom stereocenters. The van der Waals surface area contributed by atoms with Crippen molar-refractivity contribution in [1.29, 1.82) is 0 Å². The molecule has 1 aliphatic heterocycles. The molecule has 0 bridgehead atoms. The molecule has 0 saturated carbocycles. The molecule has 0 aliphatic carbocycles. The number of hydrogen-bond acceptors (Lipinski definition) is 4. The number of rotatable bonds is 4. The van der Waals surface area contributed by atoms with E-state index in [1.165, 1.54) is 0 Å². The van der Waals surface area contributed by atoms with Gasteiger partial charge in [0, 0.05) is 38.1 Å². The molecule has 4 nitrogen and oxygen atoms in total. The van der Waals surface area contributed by atoms with Crippen LogP contribution in [0.3, 0.4) is 0 Å².